The van der Waals surface area contributed by atoms with Crippen molar-refractivity contribution >= 4 is 12.4 Å². The molecule has 8 heteroatoms. The van der Waals surface area contributed by atoms with Gasteiger partial charge >= 0.3 is 6.18 Å². The molecule has 0 unspecified atom stereocenters. The lowest BCUT2D eigenvalue weighted by molar-refractivity contribution is -0.141. The Morgan fingerprint density at radius 1 is 1.21 bits per heavy atom. The summed E-state index contributed by atoms with van der Waals surface area (Å²) in [4.78, 5) is 2.37. The molecule has 1 aromatic carbocycles. The van der Waals surface area contributed by atoms with Crippen LogP contribution in [0.2, 0.25) is 0 Å². The van der Waals surface area contributed by atoms with E-state index in [1.165, 1.54) is 10.9 Å². The van der Waals surface area contributed by atoms with Crippen molar-refractivity contribution in [1.29, 1.82) is 0 Å². The number of halogens is 4. The van der Waals surface area contributed by atoms with Gasteiger partial charge in [-0.15, -0.1) is 12.4 Å². The smallest absolute Gasteiger partial charge is 0.312 e. The van der Waals surface area contributed by atoms with E-state index in [4.69, 9.17) is 0 Å². The number of nitrogens with zero attached hydrogens (tertiary/aromatic N) is 3. The Morgan fingerprint density at radius 3 is 2.50 bits per heavy atom. The molecule has 1 atom stereocenters. The third-order valence-electron chi connectivity index (χ3n) is 3.94. The van der Waals surface area contributed by atoms with Gasteiger partial charge in [-0.3, -0.25) is 4.90 Å². The molecule has 1 aliphatic heterocycles. The fraction of sp³-hybridized carbons (Fsp3) is 0.438. The minimum atomic E-state index is -4.41. The van der Waals surface area contributed by atoms with Crippen LogP contribution in [0, 0.1) is 0 Å². The summed E-state index contributed by atoms with van der Waals surface area (Å²) in [6.07, 6.45) is -3.08. The van der Waals surface area contributed by atoms with Crippen LogP contribution in [0.4, 0.5) is 13.2 Å². The van der Waals surface area contributed by atoms with Crippen molar-refractivity contribution in [2.75, 3.05) is 19.6 Å². The molecule has 0 saturated carbocycles. The zero-order valence-corrected chi connectivity index (χ0v) is 14.1. The number of rotatable bonds is 3. The van der Waals surface area contributed by atoms with E-state index in [0.29, 0.717) is 11.7 Å². The molecule has 1 saturated heterocycles. The molecule has 132 valence electrons. The zero-order chi connectivity index (χ0) is 16.4. The number of alkyl halides is 3. The fourth-order valence-corrected chi connectivity index (χ4v) is 2.79. The summed E-state index contributed by atoms with van der Waals surface area (Å²) in [6.45, 7) is 5.98. The monoisotopic (exact) mass is 360 g/mol. The maximum absolute atomic E-state index is 12.6. The normalized spacial score (nSPS) is 19.1. The Hall–Kier alpha value is -1.57. The standard InChI is InChI=1S/C16H19F3N4.ClH/c1-12-10-22(9-7-20-12)11-13-2-4-14(5-3-13)23-8-6-15(21-23)16(17,18)19;/h2-6,8,12,20H,7,9-11H2,1H3;1H/t12-;/m1./s1. The Labute approximate surface area is 145 Å². The number of nitrogens with one attached hydrogen (secondary N) is 1. The first-order chi connectivity index (χ1) is 10.9. The van der Waals surface area contributed by atoms with Gasteiger partial charge in [-0.1, -0.05) is 12.1 Å². The van der Waals surface area contributed by atoms with E-state index in [0.717, 1.165) is 37.8 Å². The molecular weight excluding hydrogens is 341 g/mol. The molecule has 0 amide bonds. The fourth-order valence-electron chi connectivity index (χ4n) is 2.79. The summed E-state index contributed by atoms with van der Waals surface area (Å²) in [7, 11) is 0. The topological polar surface area (TPSA) is 33.1 Å². The van der Waals surface area contributed by atoms with E-state index < -0.39 is 11.9 Å². The van der Waals surface area contributed by atoms with Gasteiger partial charge in [-0.05, 0) is 30.7 Å². The minimum Gasteiger partial charge on any atom is -0.312 e. The van der Waals surface area contributed by atoms with E-state index in [9.17, 15) is 13.2 Å². The van der Waals surface area contributed by atoms with Crippen molar-refractivity contribution in [3.05, 3.63) is 47.8 Å². The maximum atomic E-state index is 12.6. The number of benzene rings is 1. The Morgan fingerprint density at radius 2 is 1.92 bits per heavy atom. The van der Waals surface area contributed by atoms with Gasteiger partial charge in [-0.25, -0.2) is 4.68 Å². The molecule has 2 aromatic rings. The molecule has 3 rings (SSSR count). The average molecular weight is 361 g/mol. The molecule has 0 aliphatic carbocycles. The van der Waals surface area contributed by atoms with Gasteiger partial charge in [0.2, 0.25) is 0 Å². The van der Waals surface area contributed by atoms with Crippen LogP contribution >= 0.6 is 12.4 Å². The summed E-state index contributed by atoms with van der Waals surface area (Å²) in [5, 5.41) is 6.98. The van der Waals surface area contributed by atoms with Crippen LogP contribution in [-0.2, 0) is 12.7 Å². The summed E-state index contributed by atoms with van der Waals surface area (Å²) in [6, 6.07) is 8.94. The highest BCUT2D eigenvalue weighted by Crippen LogP contribution is 2.27. The van der Waals surface area contributed by atoms with Crippen molar-refractivity contribution < 1.29 is 13.2 Å². The summed E-state index contributed by atoms with van der Waals surface area (Å²) in [5.74, 6) is 0. The van der Waals surface area contributed by atoms with Gasteiger partial charge in [0.05, 0.1) is 5.69 Å². The lowest BCUT2D eigenvalue weighted by Crippen LogP contribution is -2.48. The van der Waals surface area contributed by atoms with E-state index in [-0.39, 0.29) is 12.4 Å². The van der Waals surface area contributed by atoms with Gasteiger partial charge < -0.3 is 5.32 Å². The highest BCUT2D eigenvalue weighted by Gasteiger charge is 2.33. The first kappa shape index (κ1) is 18.8. The van der Waals surface area contributed by atoms with Crippen molar-refractivity contribution in [2.45, 2.75) is 25.7 Å². The van der Waals surface area contributed by atoms with Crippen LogP contribution in [0.25, 0.3) is 5.69 Å². The summed E-state index contributed by atoms with van der Waals surface area (Å²) in [5.41, 5.74) is 0.889. The lowest BCUT2D eigenvalue weighted by atomic mass is 10.1. The molecule has 4 nitrogen and oxygen atoms in total. The Kier molecular flexibility index (Phi) is 5.90. The molecular formula is C16H20ClF3N4. The van der Waals surface area contributed by atoms with E-state index in [1.54, 1.807) is 12.1 Å². The summed E-state index contributed by atoms with van der Waals surface area (Å²) >= 11 is 0. The van der Waals surface area contributed by atoms with E-state index in [1.807, 2.05) is 12.1 Å². The average Bonchev–Trinajstić information content (AvgIpc) is 2.98. The third kappa shape index (κ3) is 4.49. The number of piperazine rings is 1. The van der Waals surface area contributed by atoms with E-state index in [2.05, 4.69) is 22.2 Å². The predicted molar refractivity (Wildman–Crippen MR) is 88.6 cm³/mol. The van der Waals surface area contributed by atoms with Gasteiger partial charge in [-0.2, -0.15) is 18.3 Å². The van der Waals surface area contributed by atoms with Crippen LogP contribution in [0.3, 0.4) is 0 Å². The molecule has 0 bridgehead atoms. The minimum absolute atomic E-state index is 0. The first-order valence-electron chi connectivity index (χ1n) is 7.60. The molecule has 0 radical (unpaired) electrons. The molecule has 1 fully saturated rings. The predicted octanol–water partition coefficient (Wildman–Crippen LogP) is 3.11. The Balaban J connectivity index is 0.00000208. The van der Waals surface area contributed by atoms with Crippen molar-refractivity contribution in [1.82, 2.24) is 20.0 Å². The van der Waals surface area contributed by atoms with Crippen LogP contribution < -0.4 is 5.32 Å². The van der Waals surface area contributed by atoms with Gasteiger partial charge in [0.25, 0.3) is 0 Å². The van der Waals surface area contributed by atoms with Gasteiger partial charge in [0.1, 0.15) is 0 Å². The number of hydrogen-bond donors (Lipinski definition) is 1. The lowest BCUT2D eigenvalue weighted by Gasteiger charge is -2.31. The second-order valence-electron chi connectivity index (χ2n) is 5.90. The number of hydrogen-bond acceptors (Lipinski definition) is 3. The van der Waals surface area contributed by atoms with Crippen LogP contribution in [0.5, 0.6) is 0 Å². The SMILES string of the molecule is C[C@@H]1CN(Cc2ccc(-n3ccc(C(F)(F)F)n3)cc2)CCN1.Cl. The van der Waals surface area contributed by atoms with Crippen LogP contribution in [-0.4, -0.2) is 40.4 Å². The largest absolute Gasteiger partial charge is 0.435 e. The highest BCUT2D eigenvalue weighted by molar-refractivity contribution is 5.85. The van der Waals surface area contributed by atoms with Crippen molar-refractivity contribution in [3.8, 4) is 5.69 Å². The number of aromatic nitrogens is 2. The summed E-state index contributed by atoms with van der Waals surface area (Å²) < 4.78 is 39.0. The first-order valence-corrected chi connectivity index (χ1v) is 7.60. The van der Waals surface area contributed by atoms with E-state index >= 15 is 0 Å². The van der Waals surface area contributed by atoms with Crippen molar-refractivity contribution in [2.24, 2.45) is 0 Å². The quantitative estimate of drug-likeness (QED) is 0.913. The maximum Gasteiger partial charge on any atom is 0.435 e. The molecule has 24 heavy (non-hydrogen) atoms. The molecule has 0 spiro atoms. The highest BCUT2D eigenvalue weighted by atomic mass is 35.5. The van der Waals surface area contributed by atoms with Gasteiger partial charge in [0, 0.05) is 38.4 Å². The molecule has 2 heterocycles. The van der Waals surface area contributed by atoms with Crippen LogP contribution in [0.15, 0.2) is 36.5 Å². The molecule has 1 N–H and O–H groups in total. The zero-order valence-electron chi connectivity index (χ0n) is 13.3. The second kappa shape index (κ2) is 7.55. The van der Waals surface area contributed by atoms with Crippen LogP contribution in [0.1, 0.15) is 18.2 Å². The van der Waals surface area contributed by atoms with Crippen molar-refractivity contribution in [3.63, 3.8) is 0 Å². The molecule has 1 aromatic heterocycles. The third-order valence-corrected chi connectivity index (χ3v) is 3.94. The second-order valence-corrected chi connectivity index (χ2v) is 5.90. The van der Waals surface area contributed by atoms with Gasteiger partial charge in [0.15, 0.2) is 5.69 Å². The molecule has 1 aliphatic rings. The Bertz CT molecular complexity index is 654.